The first-order valence-corrected chi connectivity index (χ1v) is 6.75. The highest BCUT2D eigenvalue weighted by Gasteiger charge is 2.51. The van der Waals surface area contributed by atoms with E-state index in [4.69, 9.17) is 5.73 Å². The summed E-state index contributed by atoms with van der Waals surface area (Å²) in [5.41, 5.74) is 5.50. The van der Waals surface area contributed by atoms with E-state index in [9.17, 15) is 5.11 Å². The molecule has 16 heavy (non-hydrogen) atoms. The van der Waals surface area contributed by atoms with E-state index in [0.29, 0.717) is 6.54 Å². The van der Waals surface area contributed by atoms with E-state index in [0.717, 1.165) is 51.1 Å². The summed E-state index contributed by atoms with van der Waals surface area (Å²) in [6.45, 7) is 4.91. The van der Waals surface area contributed by atoms with E-state index in [-0.39, 0.29) is 5.41 Å². The van der Waals surface area contributed by atoms with E-state index < -0.39 is 5.60 Å². The molecule has 0 aromatic carbocycles. The van der Waals surface area contributed by atoms with Gasteiger partial charge in [0.05, 0.1) is 5.60 Å². The number of rotatable bonds is 2. The number of aliphatic hydroxyl groups is 1. The van der Waals surface area contributed by atoms with Gasteiger partial charge >= 0.3 is 0 Å². The largest absolute Gasteiger partial charge is 0.389 e. The summed E-state index contributed by atoms with van der Waals surface area (Å²) in [6.07, 6.45) is 6.32. The minimum atomic E-state index is -0.518. The minimum Gasteiger partial charge on any atom is -0.389 e. The van der Waals surface area contributed by atoms with Crippen LogP contribution in [0.2, 0.25) is 0 Å². The van der Waals surface area contributed by atoms with Gasteiger partial charge in [-0.1, -0.05) is 13.3 Å². The molecule has 3 atom stereocenters. The van der Waals surface area contributed by atoms with Crippen LogP contribution in [0.1, 0.15) is 45.4 Å². The molecule has 0 bridgehead atoms. The molecular formula is C13H26N2O. The van der Waals surface area contributed by atoms with Crippen LogP contribution < -0.4 is 11.1 Å². The van der Waals surface area contributed by atoms with Crippen LogP contribution in [0.4, 0.5) is 0 Å². The van der Waals surface area contributed by atoms with Crippen molar-refractivity contribution in [3.63, 3.8) is 0 Å². The van der Waals surface area contributed by atoms with Gasteiger partial charge in [-0.05, 0) is 51.1 Å². The summed E-state index contributed by atoms with van der Waals surface area (Å²) in [5.74, 6) is 0.726. The Kier molecular flexibility index (Phi) is 3.57. The first-order valence-electron chi connectivity index (χ1n) is 6.75. The van der Waals surface area contributed by atoms with Crippen molar-refractivity contribution >= 4 is 0 Å². The second kappa shape index (κ2) is 4.63. The first-order chi connectivity index (χ1) is 7.62. The average Bonchev–Trinajstić information content (AvgIpc) is 2.52. The van der Waals surface area contributed by atoms with Crippen molar-refractivity contribution in [2.75, 3.05) is 19.6 Å². The second-order valence-electron chi connectivity index (χ2n) is 5.97. The number of hydrogen-bond acceptors (Lipinski definition) is 3. The molecule has 2 aliphatic rings. The highest BCUT2D eigenvalue weighted by atomic mass is 16.3. The van der Waals surface area contributed by atoms with Crippen LogP contribution in [0.15, 0.2) is 0 Å². The zero-order valence-corrected chi connectivity index (χ0v) is 10.5. The smallest absolute Gasteiger partial charge is 0.0728 e. The molecule has 1 aliphatic heterocycles. The monoisotopic (exact) mass is 226 g/mol. The molecule has 3 heteroatoms. The predicted molar refractivity (Wildman–Crippen MR) is 66.2 cm³/mol. The molecule has 4 N–H and O–H groups in total. The SMILES string of the molecule is CC1CCC(CN)(C2(O)CCCNCC2)C1. The molecule has 2 fully saturated rings. The number of nitrogens with two attached hydrogens (primary N) is 1. The Morgan fingerprint density at radius 2 is 2.12 bits per heavy atom. The lowest BCUT2D eigenvalue weighted by Crippen LogP contribution is -2.51. The van der Waals surface area contributed by atoms with Crippen molar-refractivity contribution in [1.29, 1.82) is 0 Å². The van der Waals surface area contributed by atoms with Gasteiger partial charge in [-0.15, -0.1) is 0 Å². The molecule has 1 heterocycles. The number of nitrogens with one attached hydrogen (secondary N) is 1. The minimum absolute atomic E-state index is 0.00155. The zero-order valence-electron chi connectivity index (χ0n) is 10.5. The van der Waals surface area contributed by atoms with E-state index in [2.05, 4.69) is 12.2 Å². The van der Waals surface area contributed by atoms with Crippen LogP contribution in [-0.4, -0.2) is 30.3 Å². The Balaban J connectivity index is 2.17. The van der Waals surface area contributed by atoms with Gasteiger partial charge in [-0.3, -0.25) is 0 Å². The number of hydrogen-bond donors (Lipinski definition) is 3. The van der Waals surface area contributed by atoms with E-state index in [1.54, 1.807) is 0 Å². The molecule has 0 aromatic rings. The van der Waals surface area contributed by atoms with Crippen LogP contribution in [-0.2, 0) is 0 Å². The van der Waals surface area contributed by atoms with Crippen LogP contribution in [0, 0.1) is 11.3 Å². The zero-order chi connectivity index (χ0) is 11.6. The maximum absolute atomic E-state index is 11.0. The molecular weight excluding hydrogens is 200 g/mol. The fourth-order valence-corrected chi connectivity index (χ4v) is 3.77. The molecule has 3 unspecified atom stereocenters. The van der Waals surface area contributed by atoms with E-state index in [1.165, 1.54) is 6.42 Å². The normalized spacial score (nSPS) is 45.6. The Morgan fingerprint density at radius 1 is 1.31 bits per heavy atom. The maximum atomic E-state index is 11.0. The summed E-state index contributed by atoms with van der Waals surface area (Å²) in [5, 5.41) is 14.4. The molecule has 1 aliphatic carbocycles. The Labute approximate surface area is 98.8 Å². The van der Waals surface area contributed by atoms with Crippen molar-refractivity contribution in [2.24, 2.45) is 17.1 Å². The summed E-state index contributed by atoms with van der Waals surface area (Å²) < 4.78 is 0. The molecule has 1 saturated heterocycles. The maximum Gasteiger partial charge on any atom is 0.0728 e. The van der Waals surface area contributed by atoms with Crippen molar-refractivity contribution in [3.8, 4) is 0 Å². The summed E-state index contributed by atoms with van der Waals surface area (Å²) in [7, 11) is 0. The van der Waals surface area contributed by atoms with Gasteiger partial charge in [0.15, 0.2) is 0 Å². The van der Waals surface area contributed by atoms with Crippen LogP contribution in [0.5, 0.6) is 0 Å². The highest BCUT2D eigenvalue weighted by Crippen LogP contribution is 2.51. The molecule has 0 spiro atoms. The Bertz CT molecular complexity index is 236. The van der Waals surface area contributed by atoms with Crippen molar-refractivity contribution < 1.29 is 5.11 Å². The van der Waals surface area contributed by atoms with E-state index in [1.807, 2.05) is 0 Å². The lowest BCUT2D eigenvalue weighted by atomic mass is 9.66. The standard InChI is InChI=1S/C13H26N2O/c1-11-3-5-12(9-11,10-14)13(16)4-2-7-15-8-6-13/h11,15-16H,2-10,14H2,1H3. The van der Waals surface area contributed by atoms with Gasteiger partial charge in [-0.2, -0.15) is 0 Å². The second-order valence-corrected chi connectivity index (χ2v) is 5.97. The van der Waals surface area contributed by atoms with Crippen LogP contribution in [0.3, 0.4) is 0 Å². The van der Waals surface area contributed by atoms with Gasteiger partial charge in [0, 0.05) is 12.0 Å². The van der Waals surface area contributed by atoms with Gasteiger partial charge in [0.1, 0.15) is 0 Å². The molecule has 0 amide bonds. The highest BCUT2D eigenvalue weighted by molar-refractivity contribution is 5.04. The van der Waals surface area contributed by atoms with E-state index >= 15 is 0 Å². The Hall–Kier alpha value is -0.120. The molecule has 0 aromatic heterocycles. The Morgan fingerprint density at radius 3 is 2.75 bits per heavy atom. The quantitative estimate of drug-likeness (QED) is 0.664. The third-order valence-corrected chi connectivity index (χ3v) is 4.89. The van der Waals surface area contributed by atoms with Crippen molar-refractivity contribution in [3.05, 3.63) is 0 Å². The fraction of sp³-hybridized carbons (Fsp3) is 1.00. The van der Waals surface area contributed by atoms with Gasteiger partial charge in [0.2, 0.25) is 0 Å². The van der Waals surface area contributed by atoms with Gasteiger partial charge < -0.3 is 16.2 Å². The lowest BCUT2D eigenvalue weighted by molar-refractivity contribution is -0.0884. The summed E-state index contributed by atoms with van der Waals surface area (Å²) >= 11 is 0. The van der Waals surface area contributed by atoms with Gasteiger partial charge in [0.25, 0.3) is 0 Å². The topological polar surface area (TPSA) is 58.3 Å². The fourth-order valence-electron chi connectivity index (χ4n) is 3.77. The summed E-state index contributed by atoms with van der Waals surface area (Å²) in [4.78, 5) is 0. The molecule has 2 rings (SSSR count). The van der Waals surface area contributed by atoms with Crippen molar-refractivity contribution in [2.45, 2.75) is 51.0 Å². The predicted octanol–water partition coefficient (Wildman–Crippen LogP) is 1.26. The molecule has 94 valence electrons. The third kappa shape index (κ3) is 2.01. The first kappa shape index (κ1) is 12.3. The molecule has 0 radical (unpaired) electrons. The third-order valence-electron chi connectivity index (χ3n) is 4.89. The van der Waals surface area contributed by atoms with Crippen molar-refractivity contribution in [1.82, 2.24) is 5.32 Å². The lowest BCUT2D eigenvalue weighted by Gasteiger charge is -2.44. The van der Waals surface area contributed by atoms with Crippen LogP contribution >= 0.6 is 0 Å². The molecule has 3 nitrogen and oxygen atoms in total. The average molecular weight is 226 g/mol. The summed E-state index contributed by atoms with van der Waals surface area (Å²) in [6, 6.07) is 0. The van der Waals surface area contributed by atoms with Gasteiger partial charge in [-0.25, -0.2) is 0 Å². The van der Waals surface area contributed by atoms with Crippen LogP contribution in [0.25, 0.3) is 0 Å². The molecule has 1 saturated carbocycles.